The number of anilines is 1. The van der Waals surface area contributed by atoms with Crippen molar-refractivity contribution in [2.45, 2.75) is 0 Å². The molecule has 0 fully saturated rings. The molecule has 0 saturated carbocycles. The zero-order valence-corrected chi connectivity index (χ0v) is 13.3. The number of carbonyl (C=O) groups excluding carboxylic acids is 2. The molecule has 0 aliphatic carbocycles. The van der Waals surface area contributed by atoms with Crippen LogP contribution in [0.25, 0.3) is 5.57 Å². The average Bonchev–Trinajstić information content (AvgIpc) is 2.62. The predicted molar refractivity (Wildman–Crippen MR) is 94.5 cm³/mol. The molecule has 2 aromatic carbocycles. The van der Waals surface area contributed by atoms with E-state index in [1.165, 1.54) is 0 Å². The summed E-state index contributed by atoms with van der Waals surface area (Å²) in [5.74, 6) is 4.80. The molecule has 4 N–H and O–H groups in total. The first kappa shape index (κ1) is 17.7. The summed E-state index contributed by atoms with van der Waals surface area (Å²) >= 11 is 0. The third-order valence-corrected chi connectivity index (χ3v) is 3.13. The second-order valence-corrected chi connectivity index (χ2v) is 4.78. The monoisotopic (exact) mass is 339 g/mol. The van der Waals surface area contributed by atoms with E-state index in [1.54, 1.807) is 54.6 Å². The number of aldehydes is 1. The van der Waals surface area contributed by atoms with Crippen molar-refractivity contribution < 1.29 is 19.1 Å². The van der Waals surface area contributed by atoms with Crippen LogP contribution in [-0.2, 0) is 14.3 Å². The van der Waals surface area contributed by atoms with Crippen LogP contribution in [0.5, 0.6) is 5.75 Å². The van der Waals surface area contributed by atoms with Crippen molar-refractivity contribution in [1.29, 1.82) is 0 Å². The number of esters is 1. The molecule has 0 radical (unpaired) electrons. The molecule has 0 saturated heterocycles. The van der Waals surface area contributed by atoms with Crippen LogP contribution in [0.15, 0.2) is 65.5 Å². The van der Waals surface area contributed by atoms with Gasteiger partial charge in [-0.15, -0.1) is 0 Å². The lowest BCUT2D eigenvalue weighted by Crippen LogP contribution is -2.16. The molecule has 0 amide bonds. The first-order chi connectivity index (χ1) is 12.2. The maximum absolute atomic E-state index is 12.7. The number of nitrogen functional groups attached to an aromatic ring is 1. The van der Waals surface area contributed by atoms with Gasteiger partial charge in [-0.1, -0.05) is 36.4 Å². The second kappa shape index (κ2) is 8.88. The molecule has 0 aliphatic rings. The summed E-state index contributed by atoms with van der Waals surface area (Å²) in [7, 11) is 0. The van der Waals surface area contributed by atoms with Gasteiger partial charge in [-0.25, -0.2) is 4.79 Å². The molecule has 0 unspecified atom stereocenters. The zero-order chi connectivity index (χ0) is 18.1. The number of hydrogen-bond acceptors (Lipinski definition) is 7. The second-order valence-electron chi connectivity index (χ2n) is 4.78. The van der Waals surface area contributed by atoms with Gasteiger partial charge in [-0.2, -0.15) is 5.10 Å². The van der Waals surface area contributed by atoms with Crippen LogP contribution in [0.1, 0.15) is 5.56 Å². The van der Waals surface area contributed by atoms with E-state index in [-0.39, 0.29) is 17.9 Å². The lowest BCUT2D eigenvalue weighted by atomic mass is 10.0. The maximum atomic E-state index is 12.7. The third-order valence-electron chi connectivity index (χ3n) is 3.13. The summed E-state index contributed by atoms with van der Waals surface area (Å²) in [6, 6.07) is 15.2. The molecule has 128 valence electrons. The molecule has 0 aliphatic heterocycles. The number of hydrazone groups is 1. The van der Waals surface area contributed by atoms with Gasteiger partial charge in [0.05, 0.1) is 6.21 Å². The van der Waals surface area contributed by atoms with E-state index < -0.39 is 5.97 Å². The van der Waals surface area contributed by atoms with Crippen LogP contribution in [0.3, 0.4) is 0 Å². The summed E-state index contributed by atoms with van der Waals surface area (Å²) in [5, 5.41) is 3.38. The number of carbonyl (C=O) groups is 2. The largest absolute Gasteiger partial charge is 0.484 e. The lowest BCUT2D eigenvalue weighted by molar-refractivity contribution is -0.128. The Morgan fingerprint density at radius 2 is 1.76 bits per heavy atom. The topological polar surface area (TPSA) is 117 Å². The van der Waals surface area contributed by atoms with Gasteiger partial charge in [0, 0.05) is 11.3 Å². The fourth-order valence-corrected chi connectivity index (χ4v) is 2.08. The normalized spacial score (nSPS) is 11.7. The summed E-state index contributed by atoms with van der Waals surface area (Å²) in [6.07, 6.45) is 1.66. The number of rotatable bonds is 7. The minimum Gasteiger partial charge on any atom is -0.484 e. The van der Waals surface area contributed by atoms with Crippen LogP contribution in [0, 0.1) is 0 Å². The van der Waals surface area contributed by atoms with E-state index in [4.69, 9.17) is 21.1 Å². The van der Waals surface area contributed by atoms with E-state index in [2.05, 4.69) is 5.10 Å². The standard InChI is InChI=1S/C18H17N3O4/c19-15-9-5-4-8-14(15)17(16(12-21-20)24-11-10-22)18(23)25-13-6-2-1-3-7-13/h1-10,12H,11,19-20H2. The van der Waals surface area contributed by atoms with E-state index in [0.717, 1.165) is 6.21 Å². The number of allylic oxidation sites excluding steroid dienone is 1. The third kappa shape index (κ3) is 4.68. The summed E-state index contributed by atoms with van der Waals surface area (Å²) < 4.78 is 10.7. The molecule has 7 heteroatoms. The minimum atomic E-state index is -0.718. The van der Waals surface area contributed by atoms with Gasteiger partial charge in [0.2, 0.25) is 0 Å². The Balaban J connectivity index is 2.52. The zero-order valence-electron chi connectivity index (χ0n) is 13.3. The Hall–Kier alpha value is -3.61. The lowest BCUT2D eigenvalue weighted by Gasteiger charge is -2.14. The molecule has 0 atom stereocenters. The number of nitrogens with two attached hydrogens (primary N) is 2. The Morgan fingerprint density at radius 3 is 2.40 bits per heavy atom. The fourth-order valence-electron chi connectivity index (χ4n) is 2.08. The van der Waals surface area contributed by atoms with Crippen molar-refractivity contribution in [3.63, 3.8) is 0 Å². The van der Waals surface area contributed by atoms with Crippen molar-refractivity contribution in [3.05, 3.63) is 65.9 Å². The number of para-hydroxylation sites is 2. The Labute approximate surface area is 144 Å². The molecule has 0 spiro atoms. The molecule has 2 aromatic rings. The van der Waals surface area contributed by atoms with Gasteiger partial charge in [0.1, 0.15) is 17.9 Å². The number of hydrogen-bond donors (Lipinski definition) is 2. The van der Waals surface area contributed by atoms with Crippen molar-refractivity contribution in [3.8, 4) is 5.75 Å². The van der Waals surface area contributed by atoms with Crippen molar-refractivity contribution in [2.75, 3.05) is 12.3 Å². The molecule has 25 heavy (non-hydrogen) atoms. The Kier molecular flexibility index (Phi) is 6.30. The molecule has 0 heterocycles. The van der Waals surface area contributed by atoms with Crippen molar-refractivity contribution in [1.82, 2.24) is 0 Å². The summed E-state index contributed by atoms with van der Waals surface area (Å²) in [4.78, 5) is 23.4. The number of nitrogens with zero attached hydrogens (tertiary/aromatic N) is 1. The first-order valence-corrected chi connectivity index (χ1v) is 7.33. The first-order valence-electron chi connectivity index (χ1n) is 7.33. The Bertz CT molecular complexity index is 801. The van der Waals surface area contributed by atoms with E-state index in [0.29, 0.717) is 23.3 Å². The van der Waals surface area contributed by atoms with Crippen LogP contribution in [0.2, 0.25) is 0 Å². The van der Waals surface area contributed by atoms with Crippen LogP contribution < -0.4 is 16.3 Å². The molecular weight excluding hydrogens is 322 g/mol. The highest BCUT2D eigenvalue weighted by Crippen LogP contribution is 2.26. The van der Waals surface area contributed by atoms with Gasteiger partial charge in [0.25, 0.3) is 0 Å². The van der Waals surface area contributed by atoms with Gasteiger partial charge >= 0.3 is 5.97 Å². The van der Waals surface area contributed by atoms with E-state index >= 15 is 0 Å². The van der Waals surface area contributed by atoms with E-state index in [9.17, 15) is 9.59 Å². The fraction of sp³-hybridized carbons (Fsp3) is 0.0556. The maximum Gasteiger partial charge on any atom is 0.348 e. The van der Waals surface area contributed by atoms with E-state index in [1.807, 2.05) is 0 Å². The number of ether oxygens (including phenoxy) is 2. The molecule has 0 aromatic heterocycles. The van der Waals surface area contributed by atoms with Gasteiger partial charge in [-0.3, -0.25) is 4.79 Å². The molecule has 2 rings (SSSR count). The number of benzene rings is 2. The van der Waals surface area contributed by atoms with Gasteiger partial charge in [0.15, 0.2) is 12.0 Å². The smallest absolute Gasteiger partial charge is 0.348 e. The average molecular weight is 339 g/mol. The summed E-state index contributed by atoms with van der Waals surface area (Å²) in [6.45, 7) is -0.282. The predicted octanol–water partition coefficient (Wildman–Crippen LogP) is 1.75. The van der Waals surface area contributed by atoms with Crippen LogP contribution in [-0.4, -0.2) is 25.1 Å². The highest BCUT2D eigenvalue weighted by atomic mass is 16.5. The SMILES string of the molecule is NN=CC(OCC=O)=C(C(=O)Oc1ccccc1)c1ccccc1N. The highest BCUT2D eigenvalue weighted by Gasteiger charge is 2.22. The van der Waals surface area contributed by atoms with Crippen molar-refractivity contribution in [2.24, 2.45) is 10.9 Å². The quantitative estimate of drug-likeness (QED) is 0.0913. The highest BCUT2D eigenvalue weighted by molar-refractivity contribution is 6.22. The minimum absolute atomic E-state index is 0.0120. The summed E-state index contributed by atoms with van der Waals surface area (Å²) in [5.41, 5.74) is 6.70. The van der Waals surface area contributed by atoms with Gasteiger partial charge < -0.3 is 21.1 Å². The van der Waals surface area contributed by atoms with Crippen molar-refractivity contribution >= 4 is 29.7 Å². The molecular formula is C18H17N3O4. The molecule has 7 nitrogen and oxygen atoms in total. The Morgan fingerprint density at radius 1 is 1.08 bits per heavy atom. The van der Waals surface area contributed by atoms with Crippen LogP contribution in [0.4, 0.5) is 5.69 Å². The van der Waals surface area contributed by atoms with Crippen LogP contribution >= 0.6 is 0 Å². The molecule has 0 bridgehead atoms. The van der Waals surface area contributed by atoms with Gasteiger partial charge in [-0.05, 0) is 18.2 Å².